The molecule has 1 radical (unpaired) electrons. The van der Waals surface area contributed by atoms with E-state index in [0.717, 1.165) is 12.1 Å². The number of hydrogen-bond donors (Lipinski definition) is 10. The Labute approximate surface area is 224 Å². The van der Waals surface area contributed by atoms with Gasteiger partial charge in [-0.2, -0.15) is 0 Å². The summed E-state index contributed by atoms with van der Waals surface area (Å²) in [5.41, 5.74) is -1.38. The van der Waals surface area contributed by atoms with E-state index in [-0.39, 0.29) is 40.1 Å². The fraction of sp³-hybridized carbons (Fsp3) is 0.417. The molecule has 0 spiro atoms. The first-order valence-corrected chi connectivity index (χ1v) is 10.8. The summed E-state index contributed by atoms with van der Waals surface area (Å²) in [6.45, 7) is 0.0365. The smallest absolute Gasteiger partial charge is 0.130 e. The third-order valence-electron chi connectivity index (χ3n) is 5.32. The van der Waals surface area contributed by atoms with Crippen LogP contribution in [0.1, 0.15) is 25.0 Å². The SMILES string of the molecule is CC(=NC(CO)(CO)CO)c1ccc(O)cc1O.CC(=NC(CO)(CO)CO)c1ccc(O)cc1O.[Mn]. The number of aliphatic hydroxyl groups excluding tert-OH is 6. The monoisotopic (exact) mass is 565 g/mol. The number of benzene rings is 2. The number of aromatic hydroxyl groups is 4. The number of nitrogens with zero attached hydrogens (tertiary/aromatic N) is 2. The molecule has 0 fully saturated rings. The summed E-state index contributed by atoms with van der Waals surface area (Å²) in [7, 11) is 0. The van der Waals surface area contributed by atoms with Crippen molar-refractivity contribution < 1.29 is 68.1 Å². The zero-order chi connectivity index (χ0) is 27.5. The molecule has 2 aromatic rings. The zero-order valence-corrected chi connectivity index (χ0v) is 21.6. The molecule has 10 N–H and O–H groups in total. The van der Waals surface area contributed by atoms with Crippen LogP contribution in [0.5, 0.6) is 23.0 Å². The molecule has 0 saturated heterocycles. The van der Waals surface area contributed by atoms with Crippen molar-refractivity contribution in [3.8, 4) is 23.0 Å². The van der Waals surface area contributed by atoms with Gasteiger partial charge in [0.15, 0.2) is 0 Å². The molecule has 0 unspecified atom stereocenters. The number of phenolic OH excluding ortho intramolecular Hbond substituents is 4. The molecule has 0 aromatic heterocycles. The summed E-state index contributed by atoms with van der Waals surface area (Å²) in [5, 5.41) is 92.6. The van der Waals surface area contributed by atoms with Gasteiger partial charge in [0.25, 0.3) is 0 Å². The van der Waals surface area contributed by atoms with Crippen molar-refractivity contribution >= 4 is 11.4 Å². The normalized spacial score (nSPS) is 12.4. The van der Waals surface area contributed by atoms with Crippen molar-refractivity contribution in [2.75, 3.05) is 39.6 Å². The molecule has 2 rings (SSSR count). The second-order valence-electron chi connectivity index (χ2n) is 8.19. The number of hydrogen-bond acceptors (Lipinski definition) is 12. The standard InChI is InChI=1S/2C12H17NO5.Mn/c2*1-8(13-12(5-14,6-15)7-16)10-3-2-9(17)4-11(10)18;/h2*2-4,14-18H,5-7H2,1H3;. The van der Waals surface area contributed by atoms with Crippen molar-refractivity contribution in [2.45, 2.75) is 24.9 Å². The van der Waals surface area contributed by atoms with Gasteiger partial charge < -0.3 is 51.1 Å². The van der Waals surface area contributed by atoms with E-state index < -0.39 is 50.7 Å². The summed E-state index contributed by atoms with van der Waals surface area (Å²) in [4.78, 5) is 8.10. The van der Waals surface area contributed by atoms with Crippen LogP contribution in [-0.4, -0.2) is 113 Å². The van der Waals surface area contributed by atoms with Gasteiger partial charge in [0.05, 0.1) is 39.6 Å². The first-order valence-electron chi connectivity index (χ1n) is 10.8. The van der Waals surface area contributed by atoms with Crippen molar-refractivity contribution in [3.05, 3.63) is 47.5 Å². The molecule has 0 aliphatic rings. The average molecular weight is 565 g/mol. The molecule has 2 aromatic carbocycles. The van der Waals surface area contributed by atoms with Crippen molar-refractivity contribution in [2.24, 2.45) is 9.98 Å². The molecular weight excluding hydrogens is 531 g/mol. The van der Waals surface area contributed by atoms with Crippen LogP contribution in [0.4, 0.5) is 0 Å². The Kier molecular flexibility index (Phi) is 14.3. The molecule has 0 amide bonds. The van der Waals surface area contributed by atoms with E-state index >= 15 is 0 Å². The Hall–Kier alpha value is -2.74. The molecule has 0 aliphatic carbocycles. The van der Waals surface area contributed by atoms with Crippen LogP contribution in [0.25, 0.3) is 0 Å². The van der Waals surface area contributed by atoms with E-state index in [2.05, 4.69) is 9.98 Å². The van der Waals surface area contributed by atoms with Gasteiger partial charge in [-0.25, -0.2) is 0 Å². The summed E-state index contributed by atoms with van der Waals surface area (Å²) < 4.78 is 0. The van der Waals surface area contributed by atoms with Gasteiger partial charge in [0, 0.05) is 51.8 Å². The quantitative estimate of drug-likeness (QED) is 0.128. The van der Waals surface area contributed by atoms with E-state index in [9.17, 15) is 20.4 Å². The molecule has 0 atom stereocenters. The van der Waals surface area contributed by atoms with Gasteiger partial charge in [-0.1, -0.05) is 0 Å². The summed E-state index contributed by atoms with van der Waals surface area (Å²) >= 11 is 0. The van der Waals surface area contributed by atoms with E-state index in [1.165, 1.54) is 24.3 Å². The van der Waals surface area contributed by atoms with Crippen molar-refractivity contribution in [1.29, 1.82) is 0 Å². The number of phenols is 4. The molecule has 13 heteroatoms. The van der Waals surface area contributed by atoms with Crippen LogP contribution in [0.3, 0.4) is 0 Å². The second-order valence-corrected chi connectivity index (χ2v) is 8.19. The molecule has 0 bridgehead atoms. The molecule has 0 saturated carbocycles. The maximum atomic E-state index is 9.65. The van der Waals surface area contributed by atoms with Gasteiger partial charge in [-0.05, 0) is 38.1 Å². The third kappa shape index (κ3) is 9.25. The number of aliphatic hydroxyl groups is 6. The van der Waals surface area contributed by atoms with Gasteiger partial charge in [-0.15, -0.1) is 0 Å². The van der Waals surface area contributed by atoms with E-state index in [1.54, 1.807) is 13.8 Å². The predicted molar refractivity (Wildman–Crippen MR) is 132 cm³/mol. The summed E-state index contributed by atoms with van der Waals surface area (Å²) in [6.07, 6.45) is 0. The predicted octanol–water partition coefficient (Wildman–Crippen LogP) is -0.758. The van der Waals surface area contributed by atoms with Crippen LogP contribution >= 0.6 is 0 Å². The van der Waals surface area contributed by atoms with Gasteiger partial charge in [-0.3, -0.25) is 9.98 Å². The van der Waals surface area contributed by atoms with Crippen molar-refractivity contribution in [3.63, 3.8) is 0 Å². The minimum atomic E-state index is -1.38. The fourth-order valence-electron chi connectivity index (χ4n) is 3.00. The molecule has 0 heterocycles. The third-order valence-corrected chi connectivity index (χ3v) is 5.32. The molecular formula is C24H34MnN2O10. The first kappa shape index (κ1) is 34.3. The Bertz CT molecular complexity index is 954. The van der Waals surface area contributed by atoms with Gasteiger partial charge >= 0.3 is 0 Å². The molecule has 207 valence electrons. The zero-order valence-electron chi connectivity index (χ0n) is 20.5. The Balaban J connectivity index is 0.000000682. The van der Waals surface area contributed by atoms with E-state index in [0.29, 0.717) is 22.6 Å². The Morgan fingerprint density at radius 3 is 1.05 bits per heavy atom. The van der Waals surface area contributed by atoms with Crippen LogP contribution in [-0.2, 0) is 17.1 Å². The largest absolute Gasteiger partial charge is 0.508 e. The number of rotatable bonds is 10. The van der Waals surface area contributed by atoms with E-state index in [1.807, 2.05) is 0 Å². The first-order chi connectivity index (χ1) is 17.0. The van der Waals surface area contributed by atoms with E-state index in [4.69, 9.17) is 30.6 Å². The summed E-state index contributed by atoms with van der Waals surface area (Å²) in [6, 6.07) is 8.00. The maximum absolute atomic E-state index is 9.65. The van der Waals surface area contributed by atoms with Gasteiger partial charge in [0.1, 0.15) is 34.1 Å². The maximum Gasteiger partial charge on any atom is 0.130 e. The topological polar surface area (TPSA) is 227 Å². The Morgan fingerprint density at radius 2 is 0.838 bits per heavy atom. The summed E-state index contributed by atoms with van der Waals surface area (Å²) in [5.74, 6) is -0.499. The average Bonchev–Trinajstić information content (AvgIpc) is 2.86. The molecule has 37 heavy (non-hydrogen) atoms. The Morgan fingerprint density at radius 1 is 0.568 bits per heavy atom. The molecule has 12 nitrogen and oxygen atoms in total. The van der Waals surface area contributed by atoms with Crippen LogP contribution < -0.4 is 0 Å². The van der Waals surface area contributed by atoms with Crippen molar-refractivity contribution in [1.82, 2.24) is 0 Å². The fourth-order valence-corrected chi connectivity index (χ4v) is 3.00. The van der Waals surface area contributed by atoms with Crippen LogP contribution in [0.2, 0.25) is 0 Å². The second kappa shape index (κ2) is 15.5. The molecule has 0 aliphatic heterocycles. The van der Waals surface area contributed by atoms with Gasteiger partial charge in [0.2, 0.25) is 0 Å². The number of aliphatic imine (C=N–C) groups is 2. The minimum absolute atomic E-state index is 0. The minimum Gasteiger partial charge on any atom is -0.508 e. The van der Waals surface area contributed by atoms with Crippen LogP contribution in [0.15, 0.2) is 46.4 Å². The van der Waals surface area contributed by atoms with Crippen LogP contribution in [0, 0.1) is 0 Å².